The number of aromatic nitrogens is 2. The number of imidazole rings is 1. The zero-order valence-electron chi connectivity index (χ0n) is 16.7. The van der Waals surface area contributed by atoms with E-state index >= 15 is 0 Å². The van der Waals surface area contributed by atoms with Gasteiger partial charge >= 0.3 is 5.97 Å². The summed E-state index contributed by atoms with van der Waals surface area (Å²) in [5.74, 6) is -1.36. The van der Waals surface area contributed by atoms with Gasteiger partial charge in [-0.1, -0.05) is 53.5 Å². The molecule has 0 bridgehead atoms. The molecule has 156 valence electrons. The molecule has 0 radical (unpaired) electrons. The van der Waals surface area contributed by atoms with Crippen molar-refractivity contribution in [1.29, 1.82) is 0 Å². The summed E-state index contributed by atoms with van der Waals surface area (Å²) in [5.41, 5.74) is 3.77. The fourth-order valence-electron chi connectivity index (χ4n) is 3.54. The van der Waals surface area contributed by atoms with Crippen molar-refractivity contribution >= 4 is 29.2 Å². The van der Waals surface area contributed by atoms with Crippen LogP contribution in [0.3, 0.4) is 0 Å². The molecular weight excluding hydrogens is 438 g/mol. The van der Waals surface area contributed by atoms with Crippen LogP contribution in [0.4, 0.5) is 4.39 Å². The van der Waals surface area contributed by atoms with Gasteiger partial charge in [0.1, 0.15) is 11.6 Å². The van der Waals surface area contributed by atoms with Crippen molar-refractivity contribution in [3.05, 3.63) is 93.3 Å². The van der Waals surface area contributed by atoms with Gasteiger partial charge in [0.2, 0.25) is 0 Å². The quantitative estimate of drug-likeness (QED) is 0.362. The molecule has 0 spiro atoms. The van der Waals surface area contributed by atoms with E-state index in [9.17, 15) is 14.3 Å². The molecule has 1 N–H and O–H groups in total. The first-order chi connectivity index (χ1) is 14.8. The Labute approximate surface area is 188 Å². The third kappa shape index (κ3) is 3.82. The van der Waals surface area contributed by atoms with Gasteiger partial charge in [-0.15, -0.1) is 0 Å². The van der Waals surface area contributed by atoms with Crippen molar-refractivity contribution in [3.8, 4) is 28.3 Å². The Morgan fingerprint density at radius 1 is 1.00 bits per heavy atom. The number of nitrogens with zero attached hydrogens (tertiary/aromatic N) is 2. The maximum atomic E-state index is 13.8. The Morgan fingerprint density at radius 3 is 2.42 bits per heavy atom. The van der Waals surface area contributed by atoms with Crippen LogP contribution in [-0.4, -0.2) is 20.6 Å². The number of carboxylic acids is 1. The van der Waals surface area contributed by atoms with E-state index in [4.69, 9.17) is 23.2 Å². The van der Waals surface area contributed by atoms with Crippen LogP contribution < -0.4 is 0 Å². The van der Waals surface area contributed by atoms with Gasteiger partial charge in [-0.05, 0) is 55.3 Å². The molecule has 0 fully saturated rings. The Hall–Kier alpha value is -3.15. The lowest BCUT2D eigenvalue weighted by atomic mass is 10.1. The molecule has 4 nitrogen and oxygen atoms in total. The number of benzene rings is 3. The molecule has 3 aromatic carbocycles. The summed E-state index contributed by atoms with van der Waals surface area (Å²) < 4.78 is 15.6. The highest BCUT2D eigenvalue weighted by Crippen LogP contribution is 2.37. The van der Waals surface area contributed by atoms with Gasteiger partial charge in [0.05, 0.1) is 16.4 Å². The van der Waals surface area contributed by atoms with E-state index in [2.05, 4.69) is 4.98 Å². The first-order valence-corrected chi connectivity index (χ1v) is 10.2. The van der Waals surface area contributed by atoms with Gasteiger partial charge in [0.25, 0.3) is 0 Å². The average Bonchev–Trinajstić information content (AvgIpc) is 3.12. The van der Waals surface area contributed by atoms with E-state index in [1.807, 2.05) is 44.2 Å². The predicted octanol–water partition coefficient (Wildman–Crippen LogP) is 6.97. The highest BCUT2D eigenvalue weighted by molar-refractivity contribution is 6.31. The Bertz CT molecular complexity index is 1330. The van der Waals surface area contributed by atoms with Crippen LogP contribution >= 0.6 is 23.2 Å². The van der Waals surface area contributed by atoms with E-state index in [0.29, 0.717) is 22.1 Å². The summed E-state index contributed by atoms with van der Waals surface area (Å²) in [6.07, 6.45) is 0. The van der Waals surface area contributed by atoms with Gasteiger partial charge in [0, 0.05) is 16.1 Å². The number of carbonyl (C=O) groups is 1. The van der Waals surface area contributed by atoms with Crippen LogP contribution in [0.15, 0.2) is 60.7 Å². The van der Waals surface area contributed by atoms with Gasteiger partial charge in [-0.25, -0.2) is 14.2 Å². The van der Waals surface area contributed by atoms with E-state index < -0.39 is 11.8 Å². The molecular formula is C24H17Cl2FN2O2. The molecule has 0 atom stereocenters. The number of rotatable bonds is 4. The van der Waals surface area contributed by atoms with Gasteiger partial charge in [0.15, 0.2) is 5.69 Å². The first kappa shape index (κ1) is 21.1. The van der Waals surface area contributed by atoms with Gasteiger partial charge in [-0.3, -0.25) is 4.57 Å². The lowest BCUT2D eigenvalue weighted by molar-refractivity contribution is 0.0692. The average molecular weight is 455 g/mol. The van der Waals surface area contributed by atoms with E-state index in [0.717, 1.165) is 16.7 Å². The SMILES string of the molecule is Cc1ccccc1-c1nc(C(=O)O)c(-c2ccc(F)c(Cl)c2)n1-c1cc(Cl)ccc1C. The molecule has 4 rings (SSSR count). The predicted molar refractivity (Wildman–Crippen MR) is 121 cm³/mol. The maximum Gasteiger partial charge on any atom is 0.356 e. The summed E-state index contributed by atoms with van der Waals surface area (Å²) in [7, 11) is 0. The standard InChI is InChI=1S/C24H17Cl2FN2O2/c1-13-5-3-4-6-17(13)23-28-21(24(30)31)22(15-8-10-19(27)18(26)11-15)29(23)20-12-16(25)9-7-14(20)2/h3-12H,1-2H3,(H,30,31). The zero-order chi connectivity index (χ0) is 22.3. The van der Waals surface area contributed by atoms with Crippen LogP contribution in [0.2, 0.25) is 10.0 Å². The Morgan fingerprint density at radius 2 is 1.74 bits per heavy atom. The Balaban J connectivity index is 2.17. The van der Waals surface area contributed by atoms with E-state index in [-0.39, 0.29) is 16.4 Å². The molecule has 0 aliphatic heterocycles. The number of hydrogen-bond acceptors (Lipinski definition) is 2. The molecule has 1 aromatic heterocycles. The summed E-state index contributed by atoms with van der Waals surface area (Å²) in [6.45, 7) is 3.82. The maximum absolute atomic E-state index is 13.8. The monoisotopic (exact) mass is 454 g/mol. The van der Waals surface area contributed by atoms with Crippen molar-refractivity contribution in [1.82, 2.24) is 9.55 Å². The van der Waals surface area contributed by atoms with Crippen molar-refractivity contribution in [2.45, 2.75) is 13.8 Å². The second kappa shape index (κ2) is 8.17. The van der Waals surface area contributed by atoms with Crippen LogP contribution in [0.1, 0.15) is 21.6 Å². The summed E-state index contributed by atoms with van der Waals surface area (Å²) in [4.78, 5) is 16.7. The third-order valence-electron chi connectivity index (χ3n) is 5.07. The fraction of sp³-hybridized carbons (Fsp3) is 0.0833. The molecule has 7 heteroatoms. The van der Waals surface area contributed by atoms with Crippen molar-refractivity contribution in [3.63, 3.8) is 0 Å². The van der Waals surface area contributed by atoms with Crippen LogP contribution in [0.5, 0.6) is 0 Å². The smallest absolute Gasteiger partial charge is 0.356 e. The molecule has 0 amide bonds. The molecule has 4 aromatic rings. The van der Waals surface area contributed by atoms with Crippen molar-refractivity contribution < 1.29 is 14.3 Å². The molecule has 0 saturated heterocycles. The number of aryl methyl sites for hydroxylation is 2. The summed E-state index contributed by atoms with van der Waals surface area (Å²) in [5, 5.41) is 10.3. The van der Waals surface area contributed by atoms with E-state index in [1.54, 1.807) is 16.7 Å². The molecule has 0 saturated carbocycles. The van der Waals surface area contributed by atoms with Crippen molar-refractivity contribution in [2.24, 2.45) is 0 Å². The topological polar surface area (TPSA) is 55.1 Å². The Kier molecular flexibility index (Phi) is 5.56. The largest absolute Gasteiger partial charge is 0.476 e. The number of hydrogen-bond donors (Lipinski definition) is 1. The normalized spacial score (nSPS) is 11.0. The second-order valence-electron chi connectivity index (χ2n) is 7.15. The lowest BCUT2D eigenvalue weighted by Crippen LogP contribution is -2.05. The zero-order valence-corrected chi connectivity index (χ0v) is 18.2. The summed E-state index contributed by atoms with van der Waals surface area (Å²) in [6, 6.07) is 17.0. The highest BCUT2D eigenvalue weighted by Gasteiger charge is 2.27. The minimum atomic E-state index is -1.20. The molecule has 31 heavy (non-hydrogen) atoms. The van der Waals surface area contributed by atoms with E-state index in [1.165, 1.54) is 18.2 Å². The molecule has 0 unspecified atom stereocenters. The first-order valence-electron chi connectivity index (χ1n) is 9.42. The molecule has 0 aliphatic rings. The van der Waals surface area contributed by atoms with Crippen LogP contribution in [0.25, 0.3) is 28.3 Å². The highest BCUT2D eigenvalue weighted by atomic mass is 35.5. The lowest BCUT2D eigenvalue weighted by Gasteiger charge is -2.17. The van der Waals surface area contributed by atoms with Gasteiger partial charge < -0.3 is 5.11 Å². The fourth-order valence-corrected chi connectivity index (χ4v) is 3.89. The summed E-state index contributed by atoms with van der Waals surface area (Å²) >= 11 is 12.3. The second-order valence-corrected chi connectivity index (χ2v) is 7.99. The third-order valence-corrected chi connectivity index (χ3v) is 5.60. The number of carboxylic acid groups (broad SMARTS) is 1. The van der Waals surface area contributed by atoms with Gasteiger partial charge in [-0.2, -0.15) is 0 Å². The molecule has 0 aliphatic carbocycles. The minimum Gasteiger partial charge on any atom is -0.476 e. The molecule has 1 heterocycles. The minimum absolute atomic E-state index is 0.109. The van der Waals surface area contributed by atoms with Crippen LogP contribution in [0, 0.1) is 19.7 Å². The number of halogens is 3. The number of aromatic carboxylic acids is 1. The van der Waals surface area contributed by atoms with Crippen molar-refractivity contribution in [2.75, 3.05) is 0 Å². The van der Waals surface area contributed by atoms with Crippen LogP contribution in [-0.2, 0) is 0 Å².